The Hall–Kier alpha value is -0.840. The number of carbonyl (C=O) groups excluding carboxylic acids is 1. The monoisotopic (exact) mass is 122 g/mol. The van der Waals surface area contributed by atoms with Crippen LogP contribution in [0.25, 0.3) is 0 Å². The predicted molar refractivity (Wildman–Crippen MR) is 32.3 cm³/mol. The number of hydrogen-bond donors (Lipinski definition) is 0. The second-order valence-corrected chi connectivity index (χ2v) is 2.21. The number of carbonyl (C=O) groups is 1. The highest BCUT2D eigenvalue weighted by atomic mass is 16.1. The molecule has 1 saturated carbocycles. The van der Waals surface area contributed by atoms with Gasteiger partial charge in [0.15, 0.2) is 0 Å². The van der Waals surface area contributed by atoms with E-state index in [1.807, 2.05) is 12.5 Å². The maximum absolute atomic E-state index is 10.8. The van der Waals surface area contributed by atoms with Crippen molar-refractivity contribution in [3.63, 3.8) is 0 Å². The van der Waals surface area contributed by atoms with Gasteiger partial charge in [-0.1, -0.05) is 0 Å². The van der Waals surface area contributed by atoms with Crippen molar-refractivity contribution < 1.29 is 4.79 Å². The molecular formula is C7H8NO. The van der Waals surface area contributed by atoms with Crippen LogP contribution in [-0.4, -0.2) is 5.78 Å². The summed E-state index contributed by atoms with van der Waals surface area (Å²) in [6.45, 7) is 0. The molecule has 0 aliphatic heterocycles. The molecule has 0 aromatic carbocycles. The Balaban J connectivity index is 2.51. The summed E-state index contributed by atoms with van der Waals surface area (Å²) in [5.41, 5.74) is 0. The van der Waals surface area contributed by atoms with Gasteiger partial charge in [0.25, 0.3) is 0 Å². The van der Waals surface area contributed by atoms with E-state index in [0.29, 0.717) is 12.8 Å². The lowest BCUT2D eigenvalue weighted by molar-refractivity contribution is -0.122. The van der Waals surface area contributed by atoms with Crippen molar-refractivity contribution in [3.05, 3.63) is 6.42 Å². The lowest BCUT2D eigenvalue weighted by atomic mass is 9.89. The molecule has 1 aliphatic rings. The fourth-order valence-corrected chi connectivity index (χ4v) is 0.959. The molecule has 1 fully saturated rings. The Bertz CT molecular complexity index is 157. The van der Waals surface area contributed by atoms with Crippen molar-refractivity contribution in [2.24, 2.45) is 5.92 Å². The maximum atomic E-state index is 10.8. The number of nitrogens with zero attached hydrogens (tertiary/aromatic N) is 1. The van der Waals surface area contributed by atoms with E-state index in [4.69, 9.17) is 5.26 Å². The zero-order valence-electron chi connectivity index (χ0n) is 5.13. The van der Waals surface area contributed by atoms with Gasteiger partial charge >= 0.3 is 0 Å². The quantitative estimate of drug-likeness (QED) is 0.482. The standard InChI is InChI=1S/C7H8NO/c8-5-6-3-1-2-4-7(6)9/h1,6H,2-4H2. The molecule has 0 bridgehead atoms. The van der Waals surface area contributed by atoms with Crippen LogP contribution in [0, 0.1) is 23.7 Å². The van der Waals surface area contributed by atoms with Crippen LogP contribution < -0.4 is 0 Å². The second-order valence-electron chi connectivity index (χ2n) is 2.21. The topological polar surface area (TPSA) is 40.9 Å². The molecule has 0 aromatic heterocycles. The zero-order valence-corrected chi connectivity index (χ0v) is 5.13. The third-order valence-corrected chi connectivity index (χ3v) is 1.54. The van der Waals surface area contributed by atoms with E-state index in [9.17, 15) is 4.79 Å². The third kappa shape index (κ3) is 1.29. The van der Waals surface area contributed by atoms with Gasteiger partial charge in [-0.3, -0.25) is 4.79 Å². The van der Waals surface area contributed by atoms with Crippen molar-refractivity contribution >= 4 is 5.78 Å². The second kappa shape index (κ2) is 2.63. The summed E-state index contributed by atoms with van der Waals surface area (Å²) in [5.74, 6) is -0.223. The molecule has 1 rings (SSSR count). The Kier molecular flexibility index (Phi) is 1.84. The summed E-state index contributed by atoms with van der Waals surface area (Å²) < 4.78 is 0. The Morgan fingerprint density at radius 2 is 2.56 bits per heavy atom. The van der Waals surface area contributed by atoms with E-state index >= 15 is 0 Å². The molecule has 0 aromatic rings. The minimum absolute atomic E-state index is 0.111. The molecule has 1 unspecified atom stereocenters. The van der Waals surface area contributed by atoms with Crippen LogP contribution in [0.5, 0.6) is 0 Å². The number of Topliss-reactive ketones (excluding diaryl/α,β-unsaturated/α-hetero) is 1. The van der Waals surface area contributed by atoms with Gasteiger partial charge in [-0.2, -0.15) is 5.26 Å². The van der Waals surface area contributed by atoms with E-state index in [1.165, 1.54) is 0 Å². The predicted octanol–water partition coefficient (Wildman–Crippen LogP) is 1.08. The summed E-state index contributed by atoms with van der Waals surface area (Å²) in [7, 11) is 0. The van der Waals surface area contributed by atoms with Crippen molar-refractivity contribution in [1.29, 1.82) is 5.26 Å². The average Bonchev–Trinajstić information content (AvgIpc) is 1.89. The van der Waals surface area contributed by atoms with E-state index in [2.05, 4.69) is 0 Å². The normalized spacial score (nSPS) is 27.4. The first-order valence-corrected chi connectivity index (χ1v) is 3.08. The zero-order chi connectivity index (χ0) is 6.69. The molecule has 47 valence electrons. The summed E-state index contributed by atoms with van der Waals surface area (Å²) in [6, 6.07) is 1.97. The Morgan fingerprint density at radius 3 is 3.00 bits per heavy atom. The van der Waals surface area contributed by atoms with Gasteiger partial charge in [-0.25, -0.2) is 0 Å². The first-order chi connectivity index (χ1) is 4.34. The van der Waals surface area contributed by atoms with Crippen LogP contribution in [0.4, 0.5) is 0 Å². The Morgan fingerprint density at radius 1 is 1.78 bits per heavy atom. The molecule has 0 amide bonds. The maximum Gasteiger partial charge on any atom is 0.150 e. The summed E-state index contributed by atoms with van der Waals surface area (Å²) in [5, 5.41) is 8.37. The van der Waals surface area contributed by atoms with E-state index < -0.39 is 0 Å². The molecule has 0 spiro atoms. The highest BCUT2D eigenvalue weighted by molar-refractivity contribution is 5.84. The first kappa shape index (κ1) is 6.28. The van der Waals surface area contributed by atoms with Gasteiger partial charge in [0.2, 0.25) is 0 Å². The summed E-state index contributed by atoms with van der Waals surface area (Å²) >= 11 is 0. The molecule has 0 saturated heterocycles. The van der Waals surface area contributed by atoms with Crippen LogP contribution in [0.1, 0.15) is 19.3 Å². The van der Waals surface area contributed by atoms with Crippen molar-refractivity contribution in [2.45, 2.75) is 19.3 Å². The van der Waals surface area contributed by atoms with Crippen LogP contribution in [0.2, 0.25) is 0 Å². The van der Waals surface area contributed by atoms with Crippen molar-refractivity contribution in [2.75, 3.05) is 0 Å². The van der Waals surface area contributed by atoms with E-state index in [0.717, 1.165) is 6.42 Å². The molecule has 9 heavy (non-hydrogen) atoms. The van der Waals surface area contributed by atoms with Gasteiger partial charge in [-0.05, 0) is 19.3 Å². The van der Waals surface area contributed by atoms with Crippen LogP contribution in [0.3, 0.4) is 0 Å². The largest absolute Gasteiger partial charge is 0.298 e. The highest BCUT2D eigenvalue weighted by Crippen LogP contribution is 2.18. The fourth-order valence-electron chi connectivity index (χ4n) is 0.959. The SMILES string of the molecule is N#CC1C[CH]CCC1=O. The van der Waals surface area contributed by atoms with Gasteiger partial charge in [-0.15, -0.1) is 0 Å². The number of hydrogen-bond acceptors (Lipinski definition) is 2. The third-order valence-electron chi connectivity index (χ3n) is 1.54. The van der Waals surface area contributed by atoms with Crippen LogP contribution >= 0.6 is 0 Å². The minimum Gasteiger partial charge on any atom is -0.298 e. The lowest BCUT2D eigenvalue weighted by Gasteiger charge is -2.12. The van der Waals surface area contributed by atoms with Crippen molar-refractivity contribution in [1.82, 2.24) is 0 Å². The van der Waals surface area contributed by atoms with E-state index in [-0.39, 0.29) is 11.7 Å². The smallest absolute Gasteiger partial charge is 0.150 e. The fraction of sp³-hybridized carbons (Fsp3) is 0.571. The molecule has 1 radical (unpaired) electrons. The summed E-state index contributed by atoms with van der Waals surface area (Å²) in [6.07, 6.45) is 4.10. The molecular weight excluding hydrogens is 114 g/mol. The van der Waals surface area contributed by atoms with Gasteiger partial charge in [0, 0.05) is 6.42 Å². The number of rotatable bonds is 0. The minimum atomic E-state index is -0.334. The molecule has 0 N–H and O–H groups in total. The van der Waals surface area contributed by atoms with Crippen LogP contribution in [0.15, 0.2) is 0 Å². The highest BCUT2D eigenvalue weighted by Gasteiger charge is 2.20. The molecule has 1 aliphatic carbocycles. The molecule has 2 nitrogen and oxygen atoms in total. The van der Waals surface area contributed by atoms with Crippen molar-refractivity contribution in [3.8, 4) is 6.07 Å². The molecule has 1 atom stereocenters. The van der Waals surface area contributed by atoms with Gasteiger partial charge in [0.1, 0.15) is 11.7 Å². The van der Waals surface area contributed by atoms with Gasteiger partial charge < -0.3 is 0 Å². The number of nitriles is 1. The average molecular weight is 122 g/mol. The van der Waals surface area contributed by atoms with Gasteiger partial charge in [0.05, 0.1) is 6.07 Å². The molecule has 0 heterocycles. The lowest BCUT2D eigenvalue weighted by Crippen LogP contribution is -2.16. The Labute approximate surface area is 54.5 Å². The molecule has 2 heteroatoms. The van der Waals surface area contributed by atoms with Crippen LogP contribution in [-0.2, 0) is 4.79 Å². The van der Waals surface area contributed by atoms with E-state index in [1.54, 1.807) is 0 Å². The summed E-state index contributed by atoms with van der Waals surface area (Å²) in [4.78, 5) is 10.8. The number of ketones is 1. The first-order valence-electron chi connectivity index (χ1n) is 3.08.